The van der Waals surface area contributed by atoms with Crippen molar-refractivity contribution in [3.05, 3.63) is 0 Å². The van der Waals surface area contributed by atoms with Crippen LogP contribution in [0.1, 0.15) is 2.85 Å². The minimum atomic E-state index is -4.98. The molecule has 0 aliphatic rings. The first-order chi connectivity index (χ1) is 3.71. The summed E-state index contributed by atoms with van der Waals surface area (Å²) < 4.78 is 3.24. The number of rotatable bonds is 2. The Morgan fingerprint density at radius 3 is 1.00 bits per heavy atom. The number of hydrogen-bond donors (Lipinski definition) is 6. The molecule has 0 unspecified atom stereocenters. The molecule has 0 amide bonds. The van der Waals surface area contributed by atoms with Crippen LogP contribution >= 0.6 is 0 Å². The summed E-state index contributed by atoms with van der Waals surface area (Å²) in [6, 6.07) is 0. The van der Waals surface area contributed by atoms with Crippen LogP contribution in [0.4, 0.5) is 0 Å². The second-order valence-electron chi connectivity index (χ2n) is 1.25. The van der Waals surface area contributed by atoms with Gasteiger partial charge in [-0.25, -0.2) is 0 Å². The van der Waals surface area contributed by atoms with Crippen molar-refractivity contribution < 1.29 is 71.3 Å². The molecule has 0 spiro atoms. The Balaban J connectivity index is -0.0000000320. The molecular formula is H8BBaLaO7Si2. The molecule has 0 rings (SSSR count). The third-order valence-corrected chi connectivity index (χ3v) is 2.46. The summed E-state index contributed by atoms with van der Waals surface area (Å²) >= 11 is 0. The van der Waals surface area contributed by atoms with Crippen molar-refractivity contribution >= 4 is 75.4 Å². The van der Waals surface area contributed by atoms with Gasteiger partial charge in [0.25, 0.3) is 0 Å². The molecule has 0 aromatic carbocycles. The Kier molecular flexibility index (Phi) is 18.7. The topological polar surface area (TPSA) is 131 Å². The van der Waals surface area contributed by atoms with E-state index in [1.54, 1.807) is 0 Å². The molecule has 0 aromatic heterocycles. The summed E-state index contributed by atoms with van der Waals surface area (Å²) in [6.45, 7) is 0. The maximum Gasteiger partial charge on any atom is 2.00 e. The molecule has 0 saturated carbocycles. The molecule has 6 N–H and O–H groups in total. The van der Waals surface area contributed by atoms with E-state index < -0.39 is 18.1 Å². The van der Waals surface area contributed by atoms with Crippen molar-refractivity contribution in [2.45, 2.75) is 0 Å². The summed E-state index contributed by atoms with van der Waals surface area (Å²) in [4.78, 5) is 47.6. The summed E-state index contributed by atoms with van der Waals surface area (Å²) in [5.74, 6) is 0. The zero-order chi connectivity index (χ0) is 7.71. The zero-order valence-electron chi connectivity index (χ0n) is 7.95. The molecule has 0 aliphatic carbocycles. The van der Waals surface area contributed by atoms with Crippen LogP contribution in [0.15, 0.2) is 0 Å². The fraction of sp³-hybridized carbons (Fsp3) is 0. The van der Waals surface area contributed by atoms with Gasteiger partial charge in [-0.05, 0) is 0 Å². The predicted molar refractivity (Wildman–Crippen MR) is 39.6 cm³/mol. The molecular weight excluding hydrogens is 455 g/mol. The largest absolute Gasteiger partial charge is 2.00 e. The van der Waals surface area contributed by atoms with Crippen LogP contribution in [0, 0.1) is 35.6 Å². The summed E-state index contributed by atoms with van der Waals surface area (Å²) in [5, 5.41) is 0. The van der Waals surface area contributed by atoms with E-state index in [9.17, 15) is 0 Å². The average molecular weight is 463 g/mol. The van der Waals surface area contributed by atoms with Crippen molar-refractivity contribution in [3.8, 4) is 0 Å². The van der Waals surface area contributed by atoms with Crippen molar-refractivity contribution in [2.75, 3.05) is 0 Å². The van der Waals surface area contributed by atoms with E-state index in [1.165, 1.54) is 0 Å². The Labute approximate surface area is 144 Å². The SMILES string of the molecule is O[Si](O)(O)O[Si](O)(O)O.[B].[Ba+2].[H-].[H-].[La]. The molecule has 7 nitrogen and oxygen atoms in total. The third kappa shape index (κ3) is 23.1. The second-order valence-corrected chi connectivity index (χ2v) is 4.36. The molecule has 12 heavy (non-hydrogen) atoms. The van der Waals surface area contributed by atoms with Crippen LogP contribution < -0.4 is 0 Å². The molecule has 12 heteroatoms. The standard InChI is InChI=1S/B.Ba.La.H6O7Si2.2H/c;;;1-8(2,3)7-9(4,5)6;;/h;;;1-6H;;/q;+2;;;2*-1. The van der Waals surface area contributed by atoms with E-state index in [4.69, 9.17) is 28.8 Å². The van der Waals surface area contributed by atoms with Gasteiger partial charge in [0.1, 0.15) is 0 Å². The summed E-state index contributed by atoms with van der Waals surface area (Å²) in [5.41, 5.74) is 0. The Bertz CT molecular complexity index is 94.8. The normalized spacial score (nSPS) is 10.5. The number of hydrogen-bond acceptors (Lipinski definition) is 7. The second kappa shape index (κ2) is 9.23. The van der Waals surface area contributed by atoms with Crippen molar-refractivity contribution in [1.82, 2.24) is 0 Å². The molecule has 0 heterocycles. The molecule has 0 saturated heterocycles. The van der Waals surface area contributed by atoms with E-state index in [2.05, 4.69) is 4.12 Å². The van der Waals surface area contributed by atoms with Crippen LogP contribution in [-0.2, 0) is 4.12 Å². The quantitative estimate of drug-likeness (QED) is 0.227. The van der Waals surface area contributed by atoms with Crippen molar-refractivity contribution in [3.63, 3.8) is 0 Å². The molecule has 0 atom stereocenters. The Morgan fingerprint density at radius 1 is 0.833 bits per heavy atom. The van der Waals surface area contributed by atoms with Crippen LogP contribution in [0.25, 0.3) is 0 Å². The van der Waals surface area contributed by atoms with Gasteiger partial charge in [0.15, 0.2) is 0 Å². The maximum atomic E-state index is 7.94. The minimum absolute atomic E-state index is 0. The first-order valence-corrected chi connectivity index (χ1v) is 5.25. The van der Waals surface area contributed by atoms with Crippen LogP contribution in [-0.4, -0.2) is 104 Å². The average Bonchev–Trinajstić information content (AvgIpc) is 1.14. The zero-order valence-corrected chi connectivity index (χ0v) is 16.0. The predicted octanol–water partition coefficient (Wildman–Crippen LogP) is -4.71. The molecule has 0 fully saturated rings. The van der Waals surface area contributed by atoms with Gasteiger partial charge < -0.3 is 35.7 Å². The monoisotopic (exact) mass is 464 g/mol. The van der Waals surface area contributed by atoms with Gasteiger partial charge >= 0.3 is 67.0 Å². The molecule has 4 radical (unpaired) electrons. The maximum absolute atomic E-state index is 7.94. The molecule has 0 aromatic rings. The van der Waals surface area contributed by atoms with Crippen LogP contribution in [0.2, 0.25) is 0 Å². The first-order valence-electron chi connectivity index (χ1n) is 1.75. The fourth-order valence-corrected chi connectivity index (χ4v) is 1.65. The third-order valence-electron chi connectivity index (χ3n) is 0.274. The van der Waals surface area contributed by atoms with E-state index in [0.717, 1.165) is 0 Å². The smallest absolute Gasteiger partial charge is 1.00 e. The molecule has 66 valence electrons. The Morgan fingerprint density at radius 2 is 1.00 bits per heavy atom. The fourth-order valence-electron chi connectivity index (χ4n) is 0.184. The van der Waals surface area contributed by atoms with E-state index in [-0.39, 0.29) is 95.7 Å². The first kappa shape index (κ1) is 24.3. The summed E-state index contributed by atoms with van der Waals surface area (Å²) in [6.07, 6.45) is 0. The van der Waals surface area contributed by atoms with Gasteiger partial charge in [0.2, 0.25) is 0 Å². The van der Waals surface area contributed by atoms with Crippen LogP contribution in [0.5, 0.6) is 0 Å². The van der Waals surface area contributed by atoms with Crippen LogP contribution in [0.3, 0.4) is 0 Å². The minimum Gasteiger partial charge on any atom is -1.00 e. The van der Waals surface area contributed by atoms with E-state index >= 15 is 0 Å². The molecule has 0 bridgehead atoms. The van der Waals surface area contributed by atoms with Crippen molar-refractivity contribution in [1.29, 1.82) is 0 Å². The van der Waals surface area contributed by atoms with Gasteiger partial charge in [-0.1, -0.05) is 0 Å². The molecule has 0 aliphatic heterocycles. The van der Waals surface area contributed by atoms with Gasteiger partial charge in [-0.15, -0.1) is 0 Å². The van der Waals surface area contributed by atoms with E-state index in [1.807, 2.05) is 0 Å². The summed E-state index contributed by atoms with van der Waals surface area (Å²) in [7, 11) is -9.96. The van der Waals surface area contributed by atoms with E-state index in [0.29, 0.717) is 0 Å². The Hall–Kier alpha value is 2.98. The van der Waals surface area contributed by atoms with Crippen molar-refractivity contribution in [2.24, 2.45) is 0 Å². The van der Waals surface area contributed by atoms with Gasteiger partial charge in [0, 0.05) is 44.0 Å². The van der Waals surface area contributed by atoms with Gasteiger partial charge in [-0.3, -0.25) is 0 Å². The van der Waals surface area contributed by atoms with Gasteiger partial charge in [-0.2, -0.15) is 0 Å². The van der Waals surface area contributed by atoms with Gasteiger partial charge in [0.05, 0.1) is 0 Å².